The highest BCUT2D eigenvalue weighted by molar-refractivity contribution is 7.91. The molecule has 0 aromatic carbocycles. The van der Waals surface area contributed by atoms with Crippen LogP contribution in [0.5, 0.6) is 0 Å². The zero-order valence-corrected chi connectivity index (χ0v) is 9.46. The van der Waals surface area contributed by atoms with Crippen molar-refractivity contribution < 1.29 is 13.2 Å². The van der Waals surface area contributed by atoms with E-state index in [-0.39, 0.29) is 24.0 Å². The number of carbonyl (C=O) groups excluding carboxylic acids is 1. The molecule has 0 bridgehead atoms. The smallest absolute Gasteiger partial charge is 0.227 e. The summed E-state index contributed by atoms with van der Waals surface area (Å²) in [5.41, 5.74) is 0. The number of hydrogen-bond donors (Lipinski definition) is 0. The number of carbonyl (C=O) groups is 1. The number of amides is 1. The van der Waals surface area contributed by atoms with E-state index in [1.807, 2.05) is 6.07 Å². The fraction of sp³-hybridized carbons (Fsp3) is 0.778. The summed E-state index contributed by atoms with van der Waals surface area (Å²) >= 11 is 0. The highest BCUT2D eigenvalue weighted by Gasteiger charge is 2.34. The normalized spacial score (nSPS) is 23.3. The van der Waals surface area contributed by atoms with Gasteiger partial charge in [-0.25, -0.2) is 8.42 Å². The molecular weight excluding hydrogens is 216 g/mol. The SMILES string of the molecule is CCN(CC#N)C(=O)C1CCS(=O)(=O)C1. The number of nitrogens with zero attached hydrogens (tertiary/aromatic N) is 2. The summed E-state index contributed by atoms with van der Waals surface area (Å²) in [4.78, 5) is 13.2. The van der Waals surface area contributed by atoms with Gasteiger partial charge in [-0.3, -0.25) is 4.79 Å². The topological polar surface area (TPSA) is 78.2 Å². The first-order valence-electron chi connectivity index (χ1n) is 4.86. The molecule has 1 saturated heterocycles. The van der Waals surface area contributed by atoms with Gasteiger partial charge in [0.15, 0.2) is 9.84 Å². The van der Waals surface area contributed by atoms with Crippen molar-refractivity contribution in [1.29, 1.82) is 5.26 Å². The summed E-state index contributed by atoms with van der Waals surface area (Å²) in [6.45, 7) is 2.26. The average Bonchev–Trinajstić information content (AvgIpc) is 2.54. The van der Waals surface area contributed by atoms with Gasteiger partial charge >= 0.3 is 0 Å². The Balaban J connectivity index is 2.66. The lowest BCUT2D eigenvalue weighted by molar-refractivity contribution is -0.133. The highest BCUT2D eigenvalue weighted by Crippen LogP contribution is 2.20. The zero-order valence-electron chi connectivity index (χ0n) is 8.64. The lowest BCUT2D eigenvalue weighted by Crippen LogP contribution is -2.36. The number of rotatable bonds is 3. The minimum Gasteiger partial charge on any atom is -0.329 e. The summed E-state index contributed by atoms with van der Waals surface area (Å²) in [7, 11) is -3.03. The summed E-state index contributed by atoms with van der Waals surface area (Å²) in [5, 5.41) is 8.50. The van der Waals surface area contributed by atoms with Gasteiger partial charge in [0.1, 0.15) is 6.54 Å². The van der Waals surface area contributed by atoms with Crippen LogP contribution in [0.25, 0.3) is 0 Å². The molecule has 6 heteroatoms. The predicted octanol–water partition coefficient (Wildman–Crippen LogP) is -0.207. The van der Waals surface area contributed by atoms with Crippen LogP contribution < -0.4 is 0 Å². The van der Waals surface area contributed by atoms with E-state index in [2.05, 4.69) is 0 Å². The van der Waals surface area contributed by atoms with Crippen LogP contribution in [0.2, 0.25) is 0 Å². The van der Waals surface area contributed by atoms with Gasteiger partial charge in [-0.15, -0.1) is 0 Å². The second kappa shape index (κ2) is 4.62. The maximum atomic E-state index is 11.8. The molecule has 84 valence electrons. The maximum absolute atomic E-state index is 11.8. The van der Waals surface area contributed by atoms with Gasteiger partial charge in [0, 0.05) is 6.54 Å². The third-order valence-corrected chi connectivity index (χ3v) is 4.30. The van der Waals surface area contributed by atoms with Crippen molar-refractivity contribution in [3.63, 3.8) is 0 Å². The zero-order chi connectivity index (χ0) is 11.5. The number of sulfone groups is 1. The molecule has 0 aromatic heterocycles. The predicted molar refractivity (Wildman–Crippen MR) is 54.6 cm³/mol. The van der Waals surface area contributed by atoms with Crippen molar-refractivity contribution in [2.24, 2.45) is 5.92 Å². The molecule has 1 heterocycles. The molecule has 1 unspecified atom stereocenters. The minimum atomic E-state index is -3.03. The molecule has 0 spiro atoms. The standard InChI is InChI=1S/C9H14N2O3S/c1-2-11(5-4-10)9(12)8-3-6-15(13,14)7-8/h8H,2-3,5-7H2,1H3. The first kappa shape index (κ1) is 12.0. The molecule has 0 aliphatic carbocycles. The van der Waals surface area contributed by atoms with Gasteiger partial charge < -0.3 is 4.90 Å². The summed E-state index contributed by atoms with van der Waals surface area (Å²) in [6, 6.07) is 1.90. The Labute approximate surface area is 89.6 Å². The molecule has 1 aliphatic heterocycles. The third-order valence-electron chi connectivity index (χ3n) is 2.54. The Hall–Kier alpha value is -1.09. The Morgan fingerprint density at radius 2 is 2.27 bits per heavy atom. The van der Waals surface area contributed by atoms with Crippen molar-refractivity contribution in [2.75, 3.05) is 24.6 Å². The van der Waals surface area contributed by atoms with Crippen LogP contribution in [0.1, 0.15) is 13.3 Å². The van der Waals surface area contributed by atoms with Crippen LogP contribution in [0.15, 0.2) is 0 Å². The fourth-order valence-electron chi connectivity index (χ4n) is 1.68. The molecule has 0 aromatic rings. The van der Waals surface area contributed by atoms with Gasteiger partial charge in [0.05, 0.1) is 23.5 Å². The summed E-state index contributed by atoms with van der Waals surface area (Å²) in [5.74, 6) is -0.621. The van der Waals surface area contributed by atoms with Crippen LogP contribution >= 0.6 is 0 Å². The van der Waals surface area contributed by atoms with E-state index in [1.165, 1.54) is 4.90 Å². The van der Waals surface area contributed by atoms with E-state index in [9.17, 15) is 13.2 Å². The van der Waals surface area contributed by atoms with Crippen molar-refractivity contribution in [3.8, 4) is 6.07 Å². The van der Waals surface area contributed by atoms with Gasteiger partial charge in [0.2, 0.25) is 5.91 Å². The van der Waals surface area contributed by atoms with Crippen LogP contribution in [-0.4, -0.2) is 43.8 Å². The summed E-state index contributed by atoms with van der Waals surface area (Å²) in [6.07, 6.45) is 0.392. The molecule has 0 saturated carbocycles. The molecule has 1 aliphatic rings. The Bertz CT molecular complexity index is 383. The molecule has 1 fully saturated rings. The van der Waals surface area contributed by atoms with Crippen molar-refractivity contribution in [1.82, 2.24) is 4.90 Å². The quantitative estimate of drug-likeness (QED) is 0.629. The fourth-order valence-corrected chi connectivity index (χ4v) is 3.41. The monoisotopic (exact) mass is 230 g/mol. The van der Waals surface area contributed by atoms with E-state index >= 15 is 0 Å². The second-order valence-electron chi connectivity index (χ2n) is 3.61. The molecule has 0 radical (unpaired) electrons. The lowest BCUT2D eigenvalue weighted by atomic mass is 10.1. The molecule has 15 heavy (non-hydrogen) atoms. The lowest BCUT2D eigenvalue weighted by Gasteiger charge is -2.20. The first-order valence-corrected chi connectivity index (χ1v) is 6.68. The van der Waals surface area contributed by atoms with Gasteiger partial charge in [-0.05, 0) is 13.3 Å². The van der Waals surface area contributed by atoms with Crippen molar-refractivity contribution >= 4 is 15.7 Å². The Kier molecular flexibility index (Phi) is 3.69. The average molecular weight is 230 g/mol. The van der Waals surface area contributed by atoms with Crippen molar-refractivity contribution in [2.45, 2.75) is 13.3 Å². The number of hydrogen-bond acceptors (Lipinski definition) is 4. The minimum absolute atomic E-state index is 0.0336. The largest absolute Gasteiger partial charge is 0.329 e. The molecule has 1 atom stereocenters. The third kappa shape index (κ3) is 2.93. The van der Waals surface area contributed by atoms with Crippen LogP contribution in [0.3, 0.4) is 0 Å². The molecule has 0 N–H and O–H groups in total. The highest BCUT2D eigenvalue weighted by atomic mass is 32.2. The summed E-state index contributed by atoms with van der Waals surface area (Å²) < 4.78 is 22.4. The molecule has 1 amide bonds. The van der Waals surface area contributed by atoms with Gasteiger partial charge in [-0.2, -0.15) is 5.26 Å². The van der Waals surface area contributed by atoms with E-state index in [0.717, 1.165) is 0 Å². The van der Waals surface area contributed by atoms with Crippen molar-refractivity contribution in [3.05, 3.63) is 0 Å². The first-order chi connectivity index (χ1) is 7.00. The Morgan fingerprint density at radius 1 is 1.60 bits per heavy atom. The van der Waals surface area contributed by atoms with E-state index < -0.39 is 15.8 Å². The van der Waals surface area contributed by atoms with Crippen LogP contribution in [-0.2, 0) is 14.6 Å². The van der Waals surface area contributed by atoms with E-state index in [1.54, 1.807) is 6.92 Å². The maximum Gasteiger partial charge on any atom is 0.227 e. The van der Waals surface area contributed by atoms with Crippen LogP contribution in [0.4, 0.5) is 0 Å². The van der Waals surface area contributed by atoms with Gasteiger partial charge in [0.25, 0.3) is 0 Å². The van der Waals surface area contributed by atoms with E-state index in [0.29, 0.717) is 13.0 Å². The van der Waals surface area contributed by atoms with Crippen LogP contribution in [0, 0.1) is 17.2 Å². The number of nitriles is 1. The molecular formula is C9H14N2O3S. The Morgan fingerprint density at radius 3 is 2.67 bits per heavy atom. The van der Waals surface area contributed by atoms with E-state index in [4.69, 9.17) is 5.26 Å². The second-order valence-corrected chi connectivity index (χ2v) is 5.84. The molecule has 5 nitrogen and oxygen atoms in total. The molecule has 1 rings (SSSR count). The van der Waals surface area contributed by atoms with Gasteiger partial charge in [-0.1, -0.05) is 0 Å².